The number of nitrogens with zero attached hydrogens (tertiary/aromatic N) is 1. The third-order valence-corrected chi connectivity index (χ3v) is 4.56. The highest BCUT2D eigenvalue weighted by Gasteiger charge is 2.36. The molecule has 0 amide bonds. The Hall–Kier alpha value is -0.840. The van der Waals surface area contributed by atoms with Crippen LogP contribution in [0.3, 0.4) is 0 Å². The second kappa shape index (κ2) is 4.99. The number of Topliss-reactive ketones (excluding diaryl/α,β-unsaturated/α-hetero) is 1. The number of rotatable bonds is 2. The fourth-order valence-corrected chi connectivity index (χ4v) is 3.55. The summed E-state index contributed by atoms with van der Waals surface area (Å²) in [5, 5.41) is 8.80. The maximum Gasteiger partial charge on any atom is 0.152 e. The van der Waals surface area contributed by atoms with Crippen LogP contribution in [0.15, 0.2) is 0 Å². The molecule has 0 aromatic carbocycles. The number of carbonyl (C=O) groups excluding carboxylic acids is 1. The Morgan fingerprint density at radius 2 is 1.88 bits per heavy atom. The molecule has 4 unspecified atom stereocenters. The molecule has 0 aliphatic heterocycles. The summed E-state index contributed by atoms with van der Waals surface area (Å²) in [6.45, 7) is 1.75. The molecule has 16 heavy (non-hydrogen) atoms. The van der Waals surface area contributed by atoms with E-state index in [-0.39, 0.29) is 11.7 Å². The summed E-state index contributed by atoms with van der Waals surface area (Å²) < 4.78 is 0. The predicted octanol–water partition coefficient (Wildman–Crippen LogP) is 3.32. The van der Waals surface area contributed by atoms with Gasteiger partial charge in [-0.05, 0) is 38.0 Å². The van der Waals surface area contributed by atoms with E-state index in [1.54, 1.807) is 6.92 Å². The topological polar surface area (TPSA) is 40.9 Å². The fraction of sp³-hybridized carbons (Fsp3) is 0.857. The molecule has 2 aliphatic carbocycles. The summed E-state index contributed by atoms with van der Waals surface area (Å²) >= 11 is 0. The Labute approximate surface area is 98.0 Å². The van der Waals surface area contributed by atoms with Crippen molar-refractivity contribution in [3.05, 3.63) is 0 Å². The lowest BCUT2D eigenvalue weighted by Gasteiger charge is -2.39. The molecule has 0 N–H and O–H groups in total. The molecule has 0 spiro atoms. The molecule has 2 saturated carbocycles. The molecule has 2 heteroatoms. The van der Waals surface area contributed by atoms with Gasteiger partial charge in [-0.2, -0.15) is 5.26 Å². The first-order valence-corrected chi connectivity index (χ1v) is 6.65. The number of hydrogen-bond acceptors (Lipinski definition) is 2. The number of fused-ring (bicyclic) bond motifs is 1. The van der Waals surface area contributed by atoms with Crippen molar-refractivity contribution in [1.82, 2.24) is 0 Å². The molecule has 2 nitrogen and oxygen atoms in total. The third kappa shape index (κ3) is 2.29. The molecule has 88 valence electrons. The van der Waals surface area contributed by atoms with Gasteiger partial charge in [0.1, 0.15) is 5.92 Å². The van der Waals surface area contributed by atoms with Crippen molar-refractivity contribution in [1.29, 1.82) is 5.26 Å². The van der Waals surface area contributed by atoms with E-state index in [0.717, 1.165) is 24.7 Å². The first kappa shape index (κ1) is 11.6. The van der Waals surface area contributed by atoms with Gasteiger partial charge in [-0.15, -0.1) is 0 Å². The van der Waals surface area contributed by atoms with Gasteiger partial charge in [0.15, 0.2) is 5.78 Å². The molecule has 0 bridgehead atoms. The molecule has 0 heterocycles. The summed E-state index contributed by atoms with van der Waals surface area (Å²) in [5.74, 6) is 1.66. The van der Waals surface area contributed by atoms with Crippen LogP contribution in [0.25, 0.3) is 0 Å². The van der Waals surface area contributed by atoms with Crippen LogP contribution in [0.2, 0.25) is 0 Å². The Bertz CT molecular complexity index is 304. The van der Waals surface area contributed by atoms with Crippen molar-refractivity contribution in [2.75, 3.05) is 0 Å². The zero-order valence-corrected chi connectivity index (χ0v) is 10.1. The largest absolute Gasteiger partial charge is 0.298 e. The summed E-state index contributed by atoms with van der Waals surface area (Å²) in [6, 6.07) is 2.08. The summed E-state index contributed by atoms with van der Waals surface area (Å²) in [4.78, 5) is 12.0. The van der Waals surface area contributed by atoms with E-state index >= 15 is 0 Å². The highest BCUT2D eigenvalue weighted by atomic mass is 16.1. The second-order valence-electron chi connectivity index (χ2n) is 5.57. The van der Waals surface area contributed by atoms with Gasteiger partial charge in [-0.1, -0.05) is 25.7 Å². The smallest absolute Gasteiger partial charge is 0.152 e. The summed E-state index contributed by atoms with van der Waals surface area (Å²) in [6.07, 6.45) is 8.74. The van der Waals surface area contributed by atoms with Gasteiger partial charge >= 0.3 is 0 Å². The molecule has 0 radical (unpaired) electrons. The number of carbonyl (C=O) groups is 1. The van der Waals surface area contributed by atoms with Crippen LogP contribution in [-0.4, -0.2) is 5.78 Å². The SMILES string of the molecule is CC(C#N)C(=O)C1CCC2CCCCC2C1. The average molecular weight is 219 g/mol. The van der Waals surface area contributed by atoms with E-state index in [9.17, 15) is 4.79 Å². The van der Waals surface area contributed by atoms with Crippen LogP contribution in [0.4, 0.5) is 0 Å². The van der Waals surface area contributed by atoms with Crippen LogP contribution >= 0.6 is 0 Å². The molecule has 2 rings (SSSR count). The minimum absolute atomic E-state index is 0.189. The van der Waals surface area contributed by atoms with Gasteiger partial charge < -0.3 is 0 Å². The average Bonchev–Trinajstić information content (AvgIpc) is 2.36. The van der Waals surface area contributed by atoms with Crippen LogP contribution in [0.5, 0.6) is 0 Å². The Morgan fingerprint density at radius 1 is 1.19 bits per heavy atom. The number of ketones is 1. The molecule has 2 fully saturated rings. The van der Waals surface area contributed by atoms with Gasteiger partial charge in [0, 0.05) is 5.92 Å². The van der Waals surface area contributed by atoms with Gasteiger partial charge in [-0.3, -0.25) is 4.79 Å². The van der Waals surface area contributed by atoms with Crippen LogP contribution in [0, 0.1) is 35.0 Å². The fourth-order valence-electron chi connectivity index (χ4n) is 3.55. The van der Waals surface area contributed by atoms with E-state index in [1.165, 1.54) is 32.1 Å². The molecule has 0 aromatic heterocycles. The quantitative estimate of drug-likeness (QED) is 0.714. The lowest BCUT2D eigenvalue weighted by Crippen LogP contribution is -2.33. The zero-order valence-electron chi connectivity index (χ0n) is 10.1. The van der Waals surface area contributed by atoms with Gasteiger partial charge in [0.2, 0.25) is 0 Å². The maximum atomic E-state index is 12.0. The molecule has 0 aromatic rings. The van der Waals surface area contributed by atoms with Crippen molar-refractivity contribution in [2.45, 2.75) is 51.9 Å². The minimum Gasteiger partial charge on any atom is -0.298 e. The maximum absolute atomic E-state index is 12.0. The molecule has 4 atom stereocenters. The van der Waals surface area contributed by atoms with Crippen molar-refractivity contribution >= 4 is 5.78 Å². The summed E-state index contributed by atoms with van der Waals surface area (Å²) in [5.41, 5.74) is 0. The minimum atomic E-state index is -0.398. The third-order valence-electron chi connectivity index (χ3n) is 4.56. The van der Waals surface area contributed by atoms with Crippen LogP contribution in [0.1, 0.15) is 51.9 Å². The van der Waals surface area contributed by atoms with Crippen molar-refractivity contribution in [3.63, 3.8) is 0 Å². The van der Waals surface area contributed by atoms with E-state index in [1.807, 2.05) is 0 Å². The standard InChI is InChI=1S/C14H21NO/c1-10(9-15)14(16)13-7-6-11-4-2-3-5-12(11)8-13/h10-13H,2-8H2,1H3. The first-order chi connectivity index (χ1) is 7.72. The molecular weight excluding hydrogens is 198 g/mol. The Kier molecular flexibility index (Phi) is 3.63. The lowest BCUT2D eigenvalue weighted by atomic mass is 9.66. The van der Waals surface area contributed by atoms with Crippen molar-refractivity contribution < 1.29 is 4.79 Å². The first-order valence-electron chi connectivity index (χ1n) is 6.65. The van der Waals surface area contributed by atoms with Gasteiger partial charge in [0.05, 0.1) is 6.07 Å². The number of hydrogen-bond donors (Lipinski definition) is 0. The predicted molar refractivity (Wildman–Crippen MR) is 62.6 cm³/mol. The highest BCUT2D eigenvalue weighted by molar-refractivity contribution is 5.85. The zero-order chi connectivity index (χ0) is 11.5. The Morgan fingerprint density at radius 3 is 2.56 bits per heavy atom. The lowest BCUT2D eigenvalue weighted by molar-refractivity contribution is -0.127. The van der Waals surface area contributed by atoms with Gasteiger partial charge in [0.25, 0.3) is 0 Å². The van der Waals surface area contributed by atoms with Crippen molar-refractivity contribution in [2.24, 2.45) is 23.7 Å². The second-order valence-corrected chi connectivity index (χ2v) is 5.57. The molecular formula is C14H21NO. The number of nitriles is 1. The normalized spacial score (nSPS) is 35.9. The molecule has 0 saturated heterocycles. The van der Waals surface area contributed by atoms with Crippen molar-refractivity contribution in [3.8, 4) is 6.07 Å². The van der Waals surface area contributed by atoms with Crippen LogP contribution < -0.4 is 0 Å². The van der Waals surface area contributed by atoms with Crippen LogP contribution in [-0.2, 0) is 4.79 Å². The summed E-state index contributed by atoms with van der Waals surface area (Å²) in [7, 11) is 0. The molecule has 2 aliphatic rings. The Balaban J connectivity index is 1.95. The van der Waals surface area contributed by atoms with E-state index < -0.39 is 5.92 Å². The van der Waals surface area contributed by atoms with E-state index in [2.05, 4.69) is 6.07 Å². The van der Waals surface area contributed by atoms with E-state index in [0.29, 0.717) is 0 Å². The van der Waals surface area contributed by atoms with Gasteiger partial charge in [-0.25, -0.2) is 0 Å². The highest BCUT2D eigenvalue weighted by Crippen LogP contribution is 2.43. The van der Waals surface area contributed by atoms with E-state index in [4.69, 9.17) is 5.26 Å². The monoisotopic (exact) mass is 219 g/mol.